The van der Waals surface area contributed by atoms with Gasteiger partial charge in [-0.1, -0.05) is 0 Å². The van der Waals surface area contributed by atoms with E-state index in [-0.39, 0.29) is 11.5 Å². The third-order valence-corrected chi connectivity index (χ3v) is 6.60. The van der Waals surface area contributed by atoms with Gasteiger partial charge in [-0.15, -0.1) is 0 Å². The lowest BCUT2D eigenvalue weighted by Crippen LogP contribution is -2.50. The average molecular weight is 380 g/mol. The molecule has 8 nitrogen and oxygen atoms in total. The van der Waals surface area contributed by atoms with E-state index in [9.17, 15) is 26.0 Å². The van der Waals surface area contributed by atoms with Gasteiger partial charge in [-0.3, -0.25) is 0 Å². The van der Waals surface area contributed by atoms with Crippen LogP contribution >= 0.6 is 0 Å². The highest BCUT2D eigenvalue weighted by Crippen LogP contribution is 2.17. The van der Waals surface area contributed by atoms with Gasteiger partial charge in [-0.25, -0.2) is 30.7 Å². The molecule has 0 saturated carbocycles. The number of halogens is 1. The molecule has 134 valence electrons. The van der Waals surface area contributed by atoms with Crippen LogP contribution in [0.15, 0.2) is 29.2 Å². The Morgan fingerprint density at radius 1 is 1.25 bits per heavy atom. The van der Waals surface area contributed by atoms with Crippen LogP contribution in [0.4, 0.5) is 9.18 Å². The molecule has 0 unspecified atom stereocenters. The second kappa shape index (κ2) is 7.03. The number of ether oxygens (including phenoxy) is 1. The molecule has 2 N–H and O–H groups in total. The number of sulfone groups is 1. The summed E-state index contributed by atoms with van der Waals surface area (Å²) >= 11 is 0. The third kappa shape index (κ3) is 4.65. The van der Waals surface area contributed by atoms with Gasteiger partial charge in [0.25, 0.3) is 0 Å². The lowest BCUT2D eigenvalue weighted by molar-refractivity contribution is 0.148. The standard InChI is InChI=1S/C13H17FN2O6S2/c1-2-22-13(17)15-11-7-23(18,19)8-12(11)16-24(20,21)10-5-3-9(14)4-6-10/h3-6,11-12,16H,2,7-8H2,1H3,(H,15,17)/t11-,12-/m0/s1. The molecule has 1 fully saturated rings. The van der Waals surface area contributed by atoms with E-state index in [1.165, 1.54) is 0 Å². The van der Waals surface area contributed by atoms with Gasteiger partial charge in [0.05, 0.1) is 35.1 Å². The predicted octanol–water partition coefficient (Wildman–Crippen LogP) is 0.0157. The van der Waals surface area contributed by atoms with Crippen molar-refractivity contribution < 1.29 is 30.8 Å². The molecule has 1 aromatic rings. The van der Waals surface area contributed by atoms with Crippen LogP contribution in [0, 0.1) is 5.82 Å². The maximum atomic E-state index is 12.9. The summed E-state index contributed by atoms with van der Waals surface area (Å²) in [5.41, 5.74) is 0. The second-order valence-electron chi connectivity index (χ2n) is 5.23. The number of carbonyl (C=O) groups is 1. The monoisotopic (exact) mass is 380 g/mol. The number of hydrogen-bond donors (Lipinski definition) is 2. The number of sulfonamides is 1. The lowest BCUT2D eigenvalue weighted by Gasteiger charge is -2.20. The van der Waals surface area contributed by atoms with Crippen molar-refractivity contribution in [2.24, 2.45) is 0 Å². The number of amides is 1. The van der Waals surface area contributed by atoms with Gasteiger partial charge in [0.1, 0.15) is 5.82 Å². The summed E-state index contributed by atoms with van der Waals surface area (Å²) in [7, 11) is -7.59. The Balaban J connectivity index is 2.18. The zero-order chi connectivity index (χ0) is 18.0. The van der Waals surface area contributed by atoms with Crippen molar-refractivity contribution in [3.05, 3.63) is 30.1 Å². The van der Waals surface area contributed by atoms with Gasteiger partial charge >= 0.3 is 6.09 Å². The molecule has 2 rings (SSSR count). The normalized spacial score (nSPS) is 22.9. The highest BCUT2D eigenvalue weighted by Gasteiger charge is 2.41. The van der Waals surface area contributed by atoms with Gasteiger partial charge in [0.15, 0.2) is 9.84 Å². The molecule has 1 aliphatic rings. The zero-order valence-electron chi connectivity index (χ0n) is 12.7. The minimum atomic E-state index is -4.06. The smallest absolute Gasteiger partial charge is 0.407 e. The molecule has 0 radical (unpaired) electrons. The van der Waals surface area contributed by atoms with Gasteiger partial charge in [-0.05, 0) is 31.2 Å². The van der Waals surface area contributed by atoms with E-state index < -0.39 is 55.4 Å². The Kier molecular flexibility index (Phi) is 5.45. The van der Waals surface area contributed by atoms with Gasteiger partial charge in [-0.2, -0.15) is 0 Å². The van der Waals surface area contributed by atoms with Crippen LogP contribution < -0.4 is 10.0 Å². The highest BCUT2D eigenvalue weighted by atomic mass is 32.2. The van der Waals surface area contributed by atoms with E-state index in [2.05, 4.69) is 14.8 Å². The second-order valence-corrected chi connectivity index (χ2v) is 9.10. The maximum absolute atomic E-state index is 12.9. The molecule has 24 heavy (non-hydrogen) atoms. The molecule has 0 aliphatic carbocycles. The Hall–Kier alpha value is -1.72. The van der Waals surface area contributed by atoms with Crippen molar-refractivity contribution in [1.29, 1.82) is 0 Å². The van der Waals surface area contributed by atoms with E-state index in [1.54, 1.807) is 6.92 Å². The molecular formula is C13H17FN2O6S2. The average Bonchev–Trinajstić information content (AvgIpc) is 2.72. The SMILES string of the molecule is CCOC(=O)N[C@H]1CS(=O)(=O)C[C@@H]1NS(=O)(=O)c1ccc(F)cc1. The van der Waals surface area contributed by atoms with Crippen molar-refractivity contribution in [3.8, 4) is 0 Å². The van der Waals surface area contributed by atoms with Crippen LogP contribution in [-0.4, -0.2) is 53.1 Å². The molecule has 0 spiro atoms. The molecule has 0 bridgehead atoms. The zero-order valence-corrected chi connectivity index (χ0v) is 14.4. The Bertz CT molecular complexity index is 807. The highest BCUT2D eigenvalue weighted by molar-refractivity contribution is 7.92. The van der Waals surface area contributed by atoms with Crippen molar-refractivity contribution in [2.75, 3.05) is 18.1 Å². The largest absolute Gasteiger partial charge is 0.450 e. The number of alkyl carbamates (subject to hydrolysis) is 1. The van der Waals surface area contributed by atoms with Gasteiger partial charge in [0.2, 0.25) is 10.0 Å². The van der Waals surface area contributed by atoms with Crippen molar-refractivity contribution in [3.63, 3.8) is 0 Å². The van der Waals surface area contributed by atoms with Crippen molar-refractivity contribution in [2.45, 2.75) is 23.9 Å². The van der Waals surface area contributed by atoms with E-state index in [4.69, 9.17) is 0 Å². The van der Waals surface area contributed by atoms with Crippen LogP contribution in [0.3, 0.4) is 0 Å². The molecule has 1 aromatic carbocycles. The van der Waals surface area contributed by atoms with Crippen molar-refractivity contribution in [1.82, 2.24) is 10.0 Å². The summed E-state index contributed by atoms with van der Waals surface area (Å²) in [6.07, 6.45) is -0.828. The number of nitrogens with one attached hydrogen (secondary N) is 2. The minimum absolute atomic E-state index is 0.0945. The quantitative estimate of drug-likeness (QED) is 0.743. The van der Waals surface area contributed by atoms with E-state index in [0.717, 1.165) is 24.3 Å². The van der Waals surface area contributed by atoms with Crippen LogP contribution in [0.1, 0.15) is 6.92 Å². The summed E-state index contributed by atoms with van der Waals surface area (Å²) in [4.78, 5) is 11.3. The van der Waals surface area contributed by atoms with E-state index in [1.807, 2.05) is 0 Å². The first-order chi connectivity index (χ1) is 11.1. The first-order valence-electron chi connectivity index (χ1n) is 7.04. The number of carbonyl (C=O) groups excluding carboxylic acids is 1. The minimum Gasteiger partial charge on any atom is -0.450 e. The van der Waals surface area contributed by atoms with E-state index in [0.29, 0.717) is 0 Å². The summed E-state index contributed by atoms with van der Waals surface area (Å²) in [6.45, 7) is 1.68. The summed E-state index contributed by atoms with van der Waals surface area (Å²) < 4.78 is 68.0. The molecule has 1 saturated heterocycles. The summed E-state index contributed by atoms with van der Waals surface area (Å²) in [5.74, 6) is -1.45. The maximum Gasteiger partial charge on any atom is 0.407 e. The van der Waals surface area contributed by atoms with Crippen LogP contribution in [0.25, 0.3) is 0 Å². The van der Waals surface area contributed by atoms with Gasteiger partial charge < -0.3 is 10.1 Å². The Labute approximate surface area is 139 Å². The molecule has 1 amide bonds. The lowest BCUT2D eigenvalue weighted by atomic mass is 10.2. The number of rotatable bonds is 5. The first kappa shape index (κ1) is 18.6. The fourth-order valence-corrected chi connectivity index (χ4v) is 5.55. The number of benzene rings is 1. The fraction of sp³-hybridized carbons (Fsp3) is 0.462. The molecule has 1 heterocycles. The molecular weight excluding hydrogens is 363 g/mol. The molecule has 11 heteroatoms. The molecule has 0 aromatic heterocycles. The van der Waals surface area contributed by atoms with E-state index >= 15 is 0 Å². The number of hydrogen-bond acceptors (Lipinski definition) is 6. The predicted molar refractivity (Wildman–Crippen MR) is 83.1 cm³/mol. The summed E-state index contributed by atoms with van der Waals surface area (Å²) in [6, 6.07) is 2.09. The Morgan fingerprint density at radius 2 is 1.83 bits per heavy atom. The third-order valence-electron chi connectivity index (χ3n) is 3.36. The molecule has 2 atom stereocenters. The summed E-state index contributed by atoms with van der Waals surface area (Å²) in [5, 5.41) is 2.34. The topological polar surface area (TPSA) is 119 Å². The van der Waals surface area contributed by atoms with Crippen LogP contribution in [-0.2, 0) is 24.6 Å². The van der Waals surface area contributed by atoms with Gasteiger partial charge in [0, 0.05) is 0 Å². The van der Waals surface area contributed by atoms with Crippen LogP contribution in [0.5, 0.6) is 0 Å². The Morgan fingerprint density at radius 3 is 2.42 bits per heavy atom. The molecule has 1 aliphatic heterocycles. The van der Waals surface area contributed by atoms with Crippen molar-refractivity contribution >= 4 is 26.0 Å². The first-order valence-corrected chi connectivity index (χ1v) is 10.3. The van der Waals surface area contributed by atoms with Crippen LogP contribution in [0.2, 0.25) is 0 Å². The fourth-order valence-electron chi connectivity index (χ4n) is 2.31.